The zero-order valence-electron chi connectivity index (χ0n) is 15.2. The molecule has 146 valence electrons. The molecule has 0 atom stereocenters. The van der Waals surface area contributed by atoms with Gasteiger partial charge >= 0.3 is 5.97 Å². The Balaban J connectivity index is 1.46. The Hall–Kier alpha value is -3.19. The molecular weight excluding hydrogens is 439 g/mol. The van der Waals surface area contributed by atoms with E-state index in [1.165, 1.54) is 24.3 Å². The van der Waals surface area contributed by atoms with E-state index in [1.807, 2.05) is 47.2 Å². The quantitative estimate of drug-likeness (QED) is 0.396. The van der Waals surface area contributed by atoms with Crippen LogP contribution in [0.2, 0.25) is 0 Å². The van der Waals surface area contributed by atoms with E-state index >= 15 is 0 Å². The Morgan fingerprint density at radius 1 is 1.10 bits per heavy atom. The smallest absolute Gasteiger partial charge is 0.363 e. The van der Waals surface area contributed by atoms with E-state index in [2.05, 4.69) is 20.9 Å². The van der Waals surface area contributed by atoms with E-state index in [1.54, 1.807) is 6.08 Å². The number of nitrogens with zero attached hydrogens (tertiary/aromatic N) is 2. The summed E-state index contributed by atoms with van der Waals surface area (Å²) in [5.41, 5.74) is 1.54. The fourth-order valence-electron chi connectivity index (χ4n) is 2.82. The SMILES string of the molecule is O=C1OC(c2ccc(F)cc2)=N/C1=C/c1cccn1CCOc1ccc(Br)cc1. The lowest BCUT2D eigenvalue weighted by Crippen LogP contribution is -2.09. The molecule has 0 amide bonds. The van der Waals surface area contributed by atoms with E-state index in [0.29, 0.717) is 18.7 Å². The topological polar surface area (TPSA) is 52.8 Å². The predicted octanol–water partition coefficient (Wildman–Crippen LogP) is 4.81. The third kappa shape index (κ3) is 4.63. The van der Waals surface area contributed by atoms with Crippen molar-refractivity contribution in [2.45, 2.75) is 6.54 Å². The van der Waals surface area contributed by atoms with Gasteiger partial charge in [0.1, 0.15) is 18.2 Å². The summed E-state index contributed by atoms with van der Waals surface area (Å²) in [7, 11) is 0. The highest BCUT2D eigenvalue weighted by Crippen LogP contribution is 2.20. The lowest BCUT2D eigenvalue weighted by atomic mass is 10.2. The van der Waals surface area contributed by atoms with Gasteiger partial charge in [0.05, 0.1) is 6.54 Å². The van der Waals surface area contributed by atoms with Crippen molar-refractivity contribution in [1.29, 1.82) is 0 Å². The molecule has 0 saturated carbocycles. The van der Waals surface area contributed by atoms with Crippen LogP contribution in [-0.2, 0) is 16.1 Å². The first-order chi connectivity index (χ1) is 14.1. The maximum absolute atomic E-state index is 13.1. The second-order valence-corrected chi connectivity index (χ2v) is 7.19. The molecule has 0 spiro atoms. The van der Waals surface area contributed by atoms with Gasteiger partial charge in [0.2, 0.25) is 5.90 Å². The fourth-order valence-corrected chi connectivity index (χ4v) is 3.08. The molecule has 0 radical (unpaired) electrons. The van der Waals surface area contributed by atoms with Crippen molar-refractivity contribution in [3.8, 4) is 5.75 Å². The van der Waals surface area contributed by atoms with Crippen molar-refractivity contribution in [2.75, 3.05) is 6.61 Å². The first-order valence-corrected chi connectivity index (χ1v) is 9.70. The molecule has 4 rings (SSSR count). The summed E-state index contributed by atoms with van der Waals surface area (Å²) < 4.78 is 27.0. The van der Waals surface area contributed by atoms with Gasteiger partial charge in [-0.3, -0.25) is 0 Å². The van der Waals surface area contributed by atoms with Gasteiger partial charge in [-0.1, -0.05) is 15.9 Å². The molecule has 0 aliphatic carbocycles. The summed E-state index contributed by atoms with van der Waals surface area (Å²) >= 11 is 3.39. The second kappa shape index (κ2) is 8.45. The molecule has 1 aliphatic rings. The molecule has 7 heteroatoms. The number of aliphatic imine (C=N–C) groups is 1. The van der Waals surface area contributed by atoms with Crippen LogP contribution in [0.15, 0.2) is 82.0 Å². The number of esters is 1. The molecule has 0 unspecified atom stereocenters. The fraction of sp³-hybridized carbons (Fsp3) is 0.0909. The monoisotopic (exact) mass is 454 g/mol. The van der Waals surface area contributed by atoms with Gasteiger partial charge in [-0.05, 0) is 66.7 Å². The molecule has 0 fully saturated rings. The van der Waals surface area contributed by atoms with Gasteiger partial charge < -0.3 is 14.0 Å². The van der Waals surface area contributed by atoms with E-state index in [4.69, 9.17) is 9.47 Å². The van der Waals surface area contributed by atoms with Gasteiger partial charge in [-0.2, -0.15) is 0 Å². The molecule has 5 nitrogen and oxygen atoms in total. The molecule has 1 aromatic heterocycles. The first-order valence-electron chi connectivity index (χ1n) is 8.90. The van der Waals surface area contributed by atoms with Crippen LogP contribution < -0.4 is 4.74 Å². The largest absolute Gasteiger partial charge is 0.492 e. The lowest BCUT2D eigenvalue weighted by Gasteiger charge is -2.09. The van der Waals surface area contributed by atoms with E-state index in [-0.39, 0.29) is 17.4 Å². The number of cyclic esters (lactones) is 1. The van der Waals surface area contributed by atoms with E-state index < -0.39 is 5.97 Å². The molecule has 29 heavy (non-hydrogen) atoms. The molecule has 2 aromatic carbocycles. The van der Waals surface area contributed by atoms with E-state index in [9.17, 15) is 9.18 Å². The molecule has 2 heterocycles. The van der Waals surface area contributed by atoms with Crippen molar-refractivity contribution in [1.82, 2.24) is 4.57 Å². The number of aromatic nitrogens is 1. The minimum atomic E-state index is -0.539. The minimum Gasteiger partial charge on any atom is -0.492 e. The van der Waals surface area contributed by atoms with Gasteiger partial charge in [-0.25, -0.2) is 14.2 Å². The highest BCUT2D eigenvalue weighted by molar-refractivity contribution is 9.10. The van der Waals surface area contributed by atoms with Crippen LogP contribution in [0.25, 0.3) is 6.08 Å². The Labute approximate surface area is 175 Å². The van der Waals surface area contributed by atoms with Crippen molar-refractivity contribution < 1.29 is 18.7 Å². The zero-order chi connectivity index (χ0) is 20.2. The Bertz CT molecular complexity index is 1090. The first kappa shape index (κ1) is 19.1. The van der Waals surface area contributed by atoms with E-state index in [0.717, 1.165) is 15.9 Å². The highest BCUT2D eigenvalue weighted by atomic mass is 79.9. The number of rotatable bonds is 6. The maximum atomic E-state index is 13.1. The Morgan fingerprint density at radius 3 is 2.62 bits per heavy atom. The summed E-state index contributed by atoms with van der Waals surface area (Å²) in [6, 6.07) is 17.0. The number of hydrogen-bond donors (Lipinski definition) is 0. The summed E-state index contributed by atoms with van der Waals surface area (Å²) in [6.45, 7) is 1.08. The number of benzene rings is 2. The van der Waals surface area contributed by atoms with Gasteiger partial charge in [0.15, 0.2) is 5.70 Å². The number of hydrogen-bond acceptors (Lipinski definition) is 4. The van der Waals surface area contributed by atoms with Crippen molar-refractivity contribution in [2.24, 2.45) is 4.99 Å². The van der Waals surface area contributed by atoms with Crippen molar-refractivity contribution in [3.63, 3.8) is 0 Å². The van der Waals surface area contributed by atoms with Gasteiger partial charge in [-0.15, -0.1) is 0 Å². The van der Waals surface area contributed by atoms with Crippen LogP contribution in [-0.4, -0.2) is 23.0 Å². The Morgan fingerprint density at radius 2 is 1.86 bits per heavy atom. The molecule has 0 N–H and O–H groups in total. The van der Waals surface area contributed by atoms with Gasteiger partial charge in [0, 0.05) is 21.9 Å². The van der Waals surface area contributed by atoms with Crippen LogP contribution in [0.1, 0.15) is 11.3 Å². The summed E-state index contributed by atoms with van der Waals surface area (Å²) in [4.78, 5) is 16.4. The number of carbonyl (C=O) groups is 1. The standard InChI is InChI=1S/C22H16BrFN2O3/c23-16-5-9-19(10-6-16)28-13-12-26-11-1-2-18(26)14-20-22(27)29-21(25-20)15-3-7-17(24)8-4-15/h1-11,14H,12-13H2/b20-14+. The van der Waals surface area contributed by atoms with Crippen molar-refractivity contribution in [3.05, 3.63) is 94.1 Å². The average Bonchev–Trinajstić information content (AvgIpc) is 3.31. The van der Waals surface area contributed by atoms with Crippen LogP contribution in [0.5, 0.6) is 5.75 Å². The van der Waals surface area contributed by atoms with Crippen molar-refractivity contribution >= 4 is 33.9 Å². The molecule has 1 aliphatic heterocycles. The van der Waals surface area contributed by atoms with Crippen LogP contribution in [0, 0.1) is 5.82 Å². The third-order valence-corrected chi connectivity index (χ3v) is 4.80. The Kier molecular flexibility index (Phi) is 5.57. The average molecular weight is 455 g/mol. The third-order valence-electron chi connectivity index (χ3n) is 4.28. The number of ether oxygens (including phenoxy) is 2. The van der Waals surface area contributed by atoms with Crippen LogP contribution in [0.4, 0.5) is 4.39 Å². The maximum Gasteiger partial charge on any atom is 0.363 e. The highest BCUT2D eigenvalue weighted by Gasteiger charge is 2.24. The van der Waals surface area contributed by atoms with Crippen LogP contribution >= 0.6 is 15.9 Å². The van der Waals surface area contributed by atoms with Crippen LogP contribution in [0.3, 0.4) is 0 Å². The predicted molar refractivity (Wildman–Crippen MR) is 111 cm³/mol. The number of halogens is 2. The zero-order valence-corrected chi connectivity index (χ0v) is 16.8. The minimum absolute atomic E-state index is 0.165. The molecule has 3 aromatic rings. The molecular formula is C22H16BrFN2O3. The normalized spacial score (nSPS) is 14.8. The molecule has 0 saturated heterocycles. The summed E-state index contributed by atoms with van der Waals surface area (Å²) in [5.74, 6) is 0.0481. The second-order valence-electron chi connectivity index (χ2n) is 6.27. The summed E-state index contributed by atoms with van der Waals surface area (Å²) in [6.07, 6.45) is 3.57. The van der Waals surface area contributed by atoms with Gasteiger partial charge in [0.25, 0.3) is 0 Å². The lowest BCUT2D eigenvalue weighted by molar-refractivity contribution is -0.129. The summed E-state index contributed by atoms with van der Waals surface area (Å²) in [5, 5.41) is 0. The number of carbonyl (C=O) groups excluding carboxylic acids is 1. The molecule has 0 bridgehead atoms.